The molecule has 1 saturated heterocycles. The molecule has 0 bridgehead atoms. The number of alkyl halides is 3. The van der Waals surface area contributed by atoms with Gasteiger partial charge in [0.05, 0.1) is 5.56 Å². The maximum Gasteiger partial charge on any atom is 0.416 e. The molecular formula is C21H26F3N3O3S. The van der Waals surface area contributed by atoms with Crippen LogP contribution in [0.4, 0.5) is 13.2 Å². The Morgan fingerprint density at radius 3 is 2.45 bits per heavy atom. The molecule has 6 nitrogen and oxygen atoms in total. The average molecular weight is 458 g/mol. The summed E-state index contributed by atoms with van der Waals surface area (Å²) in [6, 6.07) is 3.86. The first-order valence-electron chi connectivity index (χ1n) is 10.4. The summed E-state index contributed by atoms with van der Waals surface area (Å²) < 4.78 is 38.2. The Balaban J connectivity index is 1.70. The minimum absolute atomic E-state index is 0.0231. The first-order chi connectivity index (χ1) is 14.6. The molecule has 1 heterocycles. The number of hydrogen-bond donors (Lipinski definition) is 4. The molecule has 3 rings (SSSR count). The fourth-order valence-corrected chi connectivity index (χ4v) is 4.58. The van der Waals surface area contributed by atoms with Crippen molar-refractivity contribution in [2.24, 2.45) is 0 Å². The van der Waals surface area contributed by atoms with Gasteiger partial charge in [-0.2, -0.15) is 25.8 Å². The van der Waals surface area contributed by atoms with Gasteiger partial charge in [0.15, 0.2) is 0 Å². The fraction of sp³-hybridized carbons (Fsp3) is 0.571. The lowest BCUT2D eigenvalue weighted by Gasteiger charge is -2.42. The Kier molecular flexibility index (Phi) is 7.18. The standard InChI is InChI=1S/C21H26F3N3O3S/c22-21(23,24)14-9-7-13(8-10-14)12-25-19(30)20(11-2-1-5-16(20)31)27-18(29)15-4-3-6-17(28)26-15/h7-10,15-16,31H,1-6,11-12H2,(H,25,30)(H,26,28)(H,27,29)/t15-,16?,20+/m0/s1. The summed E-state index contributed by atoms with van der Waals surface area (Å²) in [5.74, 6) is -1.04. The normalized spacial score (nSPS) is 26.6. The monoisotopic (exact) mass is 457 g/mol. The lowest BCUT2D eigenvalue weighted by molar-refractivity contribution is -0.138. The first kappa shape index (κ1) is 23.4. The van der Waals surface area contributed by atoms with Gasteiger partial charge in [0.2, 0.25) is 17.7 Å². The molecule has 2 aliphatic rings. The second-order valence-corrected chi connectivity index (χ2v) is 8.74. The van der Waals surface area contributed by atoms with E-state index in [1.54, 1.807) is 0 Å². The third-order valence-electron chi connectivity index (χ3n) is 5.90. The van der Waals surface area contributed by atoms with Gasteiger partial charge in [-0.25, -0.2) is 0 Å². The smallest absolute Gasteiger partial charge is 0.350 e. The minimum Gasteiger partial charge on any atom is -0.350 e. The van der Waals surface area contributed by atoms with Gasteiger partial charge in [0, 0.05) is 18.2 Å². The number of piperidine rings is 1. The number of amides is 3. The quantitative estimate of drug-likeness (QED) is 0.513. The van der Waals surface area contributed by atoms with Crippen molar-refractivity contribution < 1.29 is 27.6 Å². The van der Waals surface area contributed by atoms with Crippen molar-refractivity contribution in [1.29, 1.82) is 0 Å². The Morgan fingerprint density at radius 1 is 1.13 bits per heavy atom. The van der Waals surface area contributed by atoms with Crippen LogP contribution in [0.3, 0.4) is 0 Å². The summed E-state index contributed by atoms with van der Waals surface area (Å²) in [5, 5.41) is 7.82. The van der Waals surface area contributed by atoms with E-state index in [0.717, 1.165) is 25.0 Å². The van der Waals surface area contributed by atoms with Crippen LogP contribution in [0.25, 0.3) is 0 Å². The van der Waals surface area contributed by atoms with Gasteiger partial charge in [-0.15, -0.1) is 0 Å². The first-order valence-corrected chi connectivity index (χ1v) is 10.9. The van der Waals surface area contributed by atoms with Gasteiger partial charge in [-0.05, 0) is 43.4 Å². The second kappa shape index (κ2) is 9.50. The lowest BCUT2D eigenvalue weighted by atomic mass is 9.79. The number of benzene rings is 1. The topological polar surface area (TPSA) is 87.3 Å². The molecule has 1 aromatic carbocycles. The van der Waals surface area contributed by atoms with E-state index in [2.05, 4.69) is 28.6 Å². The van der Waals surface area contributed by atoms with Crippen molar-refractivity contribution >= 4 is 30.4 Å². The Bertz CT molecular complexity index is 831. The van der Waals surface area contributed by atoms with E-state index in [0.29, 0.717) is 37.7 Å². The van der Waals surface area contributed by atoms with Crippen LogP contribution in [0.1, 0.15) is 56.1 Å². The minimum atomic E-state index is -4.42. The van der Waals surface area contributed by atoms with Crippen molar-refractivity contribution in [1.82, 2.24) is 16.0 Å². The summed E-state index contributed by atoms with van der Waals surface area (Å²) in [5.41, 5.74) is -1.50. The zero-order chi connectivity index (χ0) is 22.6. The van der Waals surface area contributed by atoms with E-state index >= 15 is 0 Å². The molecule has 3 amide bonds. The highest BCUT2D eigenvalue weighted by Gasteiger charge is 2.47. The molecule has 31 heavy (non-hydrogen) atoms. The molecular weight excluding hydrogens is 431 g/mol. The number of halogens is 3. The van der Waals surface area contributed by atoms with E-state index in [1.165, 1.54) is 12.1 Å². The zero-order valence-electron chi connectivity index (χ0n) is 16.9. The fourth-order valence-electron chi connectivity index (χ4n) is 4.08. The highest BCUT2D eigenvalue weighted by molar-refractivity contribution is 7.81. The van der Waals surface area contributed by atoms with Crippen molar-refractivity contribution in [2.45, 2.75) is 74.5 Å². The molecule has 0 aromatic heterocycles. The second-order valence-electron chi connectivity index (χ2n) is 8.11. The van der Waals surface area contributed by atoms with E-state index in [1.807, 2.05) is 0 Å². The molecule has 10 heteroatoms. The molecule has 170 valence electrons. The highest BCUT2D eigenvalue weighted by Crippen LogP contribution is 2.33. The van der Waals surface area contributed by atoms with E-state index in [4.69, 9.17) is 0 Å². The van der Waals surface area contributed by atoms with Crippen LogP contribution in [0.5, 0.6) is 0 Å². The predicted molar refractivity (Wildman–Crippen MR) is 111 cm³/mol. The molecule has 1 aliphatic carbocycles. The summed E-state index contributed by atoms with van der Waals surface area (Å²) in [6.45, 7) is 0.0231. The lowest BCUT2D eigenvalue weighted by Crippen LogP contribution is -2.67. The van der Waals surface area contributed by atoms with Crippen LogP contribution in [-0.2, 0) is 27.1 Å². The molecule has 1 saturated carbocycles. The molecule has 3 N–H and O–H groups in total. The van der Waals surface area contributed by atoms with Crippen LogP contribution in [0.15, 0.2) is 24.3 Å². The van der Waals surface area contributed by atoms with Gasteiger partial charge < -0.3 is 16.0 Å². The molecule has 1 unspecified atom stereocenters. The van der Waals surface area contributed by atoms with Crippen molar-refractivity contribution in [3.63, 3.8) is 0 Å². The summed E-state index contributed by atoms with van der Waals surface area (Å²) in [4.78, 5) is 37.6. The summed E-state index contributed by atoms with van der Waals surface area (Å²) in [7, 11) is 0. The Morgan fingerprint density at radius 2 is 1.84 bits per heavy atom. The van der Waals surface area contributed by atoms with Crippen molar-refractivity contribution in [3.8, 4) is 0 Å². The highest BCUT2D eigenvalue weighted by atomic mass is 32.1. The largest absolute Gasteiger partial charge is 0.416 e. The van der Waals surface area contributed by atoms with Gasteiger partial charge in [-0.1, -0.05) is 25.0 Å². The molecule has 2 fully saturated rings. The van der Waals surface area contributed by atoms with Gasteiger partial charge >= 0.3 is 6.18 Å². The number of carbonyl (C=O) groups is 3. The van der Waals surface area contributed by atoms with Gasteiger partial charge in [0.25, 0.3) is 0 Å². The maximum absolute atomic E-state index is 13.2. The van der Waals surface area contributed by atoms with E-state index in [-0.39, 0.29) is 12.5 Å². The molecule has 3 atom stereocenters. The zero-order valence-corrected chi connectivity index (χ0v) is 17.8. The number of rotatable bonds is 5. The van der Waals surface area contributed by atoms with Crippen molar-refractivity contribution in [3.05, 3.63) is 35.4 Å². The Hall–Kier alpha value is -2.23. The molecule has 0 radical (unpaired) electrons. The molecule has 0 spiro atoms. The summed E-state index contributed by atoms with van der Waals surface area (Å²) >= 11 is 4.57. The van der Waals surface area contributed by atoms with E-state index < -0.39 is 40.4 Å². The van der Waals surface area contributed by atoms with Crippen LogP contribution in [0, 0.1) is 0 Å². The third-order valence-corrected chi connectivity index (χ3v) is 6.60. The van der Waals surface area contributed by atoms with E-state index in [9.17, 15) is 27.6 Å². The third kappa shape index (κ3) is 5.53. The van der Waals surface area contributed by atoms with Gasteiger partial charge in [0.1, 0.15) is 11.6 Å². The Labute approximate surface area is 184 Å². The van der Waals surface area contributed by atoms with Crippen LogP contribution in [0.2, 0.25) is 0 Å². The maximum atomic E-state index is 13.2. The number of carbonyl (C=O) groups excluding carboxylic acids is 3. The SMILES string of the molecule is O=C1CCC[C@@H](C(=O)N[C@]2(C(=O)NCc3ccc(C(F)(F)F)cc3)CCCCC2S)N1. The van der Waals surface area contributed by atoms with Crippen LogP contribution >= 0.6 is 12.6 Å². The summed E-state index contributed by atoms with van der Waals surface area (Å²) in [6.07, 6.45) is -0.329. The molecule has 1 aliphatic heterocycles. The van der Waals surface area contributed by atoms with Gasteiger partial charge in [-0.3, -0.25) is 14.4 Å². The number of thiol groups is 1. The van der Waals surface area contributed by atoms with Crippen LogP contribution in [-0.4, -0.2) is 34.6 Å². The average Bonchev–Trinajstić information content (AvgIpc) is 2.73. The number of nitrogens with one attached hydrogen (secondary N) is 3. The van der Waals surface area contributed by atoms with Crippen LogP contribution < -0.4 is 16.0 Å². The molecule has 1 aromatic rings. The predicted octanol–water partition coefficient (Wildman–Crippen LogP) is 2.72. The number of hydrogen-bond acceptors (Lipinski definition) is 4. The van der Waals surface area contributed by atoms with Crippen molar-refractivity contribution in [2.75, 3.05) is 0 Å².